The zero-order chi connectivity index (χ0) is 14.7. The molecule has 21 heavy (non-hydrogen) atoms. The summed E-state index contributed by atoms with van der Waals surface area (Å²) in [6.07, 6.45) is 3.74. The minimum Gasteiger partial charge on any atom is -0.481 e. The number of nitrogens with one attached hydrogen (secondary N) is 1. The minimum absolute atomic E-state index is 0.111. The van der Waals surface area contributed by atoms with Gasteiger partial charge in [-0.25, -0.2) is 4.98 Å². The molecule has 1 aliphatic rings. The number of nitrogens with zero attached hydrogens (tertiary/aromatic N) is 1. The van der Waals surface area contributed by atoms with Gasteiger partial charge in [0.15, 0.2) is 0 Å². The summed E-state index contributed by atoms with van der Waals surface area (Å²) in [7, 11) is 1.66. The highest BCUT2D eigenvalue weighted by Gasteiger charge is 2.19. The van der Waals surface area contributed by atoms with Crippen LogP contribution in [0.2, 0.25) is 0 Å². The second kappa shape index (κ2) is 6.41. The van der Waals surface area contributed by atoms with Gasteiger partial charge >= 0.3 is 0 Å². The Bertz CT molecular complexity index is 607. The summed E-state index contributed by atoms with van der Waals surface area (Å²) in [6, 6.07) is 10.7. The van der Waals surface area contributed by atoms with Gasteiger partial charge in [-0.1, -0.05) is 18.2 Å². The molecule has 3 rings (SSSR count). The lowest BCUT2D eigenvalue weighted by Crippen LogP contribution is -2.34. The Morgan fingerprint density at radius 3 is 2.76 bits per heavy atom. The van der Waals surface area contributed by atoms with Crippen molar-refractivity contribution < 1.29 is 9.84 Å². The quantitative estimate of drug-likeness (QED) is 0.907. The van der Waals surface area contributed by atoms with E-state index < -0.39 is 0 Å². The third kappa shape index (κ3) is 3.34. The highest BCUT2D eigenvalue weighted by molar-refractivity contribution is 5.80. The first-order chi connectivity index (χ1) is 10.3. The van der Waals surface area contributed by atoms with Crippen molar-refractivity contribution in [3.8, 4) is 5.88 Å². The van der Waals surface area contributed by atoms with Crippen molar-refractivity contribution in [3.05, 3.63) is 35.9 Å². The summed E-state index contributed by atoms with van der Waals surface area (Å²) in [6.45, 7) is 0.752. The SMILES string of the molecule is COc1nc2ccccc2cc1CNC1CCC(O)CC1. The molecule has 4 heteroatoms. The number of pyridine rings is 1. The van der Waals surface area contributed by atoms with Crippen molar-refractivity contribution in [2.75, 3.05) is 7.11 Å². The lowest BCUT2D eigenvalue weighted by atomic mass is 9.93. The van der Waals surface area contributed by atoms with Gasteiger partial charge in [0, 0.05) is 23.5 Å². The zero-order valence-corrected chi connectivity index (χ0v) is 12.4. The van der Waals surface area contributed by atoms with E-state index in [4.69, 9.17) is 4.74 Å². The highest BCUT2D eigenvalue weighted by atomic mass is 16.5. The van der Waals surface area contributed by atoms with Crippen LogP contribution in [0, 0.1) is 0 Å². The molecule has 0 spiro atoms. The number of hydrogen-bond acceptors (Lipinski definition) is 4. The van der Waals surface area contributed by atoms with Gasteiger partial charge in [-0.05, 0) is 37.8 Å². The zero-order valence-electron chi connectivity index (χ0n) is 12.4. The van der Waals surface area contributed by atoms with E-state index in [-0.39, 0.29) is 6.10 Å². The third-order valence-corrected chi connectivity index (χ3v) is 4.23. The van der Waals surface area contributed by atoms with E-state index >= 15 is 0 Å². The molecule has 0 bridgehead atoms. The summed E-state index contributed by atoms with van der Waals surface area (Å²) in [5.74, 6) is 0.692. The van der Waals surface area contributed by atoms with Crippen LogP contribution >= 0.6 is 0 Å². The number of rotatable bonds is 4. The van der Waals surface area contributed by atoms with E-state index in [9.17, 15) is 5.11 Å². The maximum Gasteiger partial charge on any atom is 0.218 e. The molecular formula is C17H22N2O2. The van der Waals surface area contributed by atoms with Crippen molar-refractivity contribution in [1.82, 2.24) is 10.3 Å². The molecular weight excluding hydrogens is 264 g/mol. The molecule has 2 aromatic rings. The third-order valence-electron chi connectivity index (χ3n) is 4.23. The number of hydrogen-bond donors (Lipinski definition) is 2. The number of methoxy groups -OCH3 is 1. The van der Waals surface area contributed by atoms with Crippen LogP contribution in [0.1, 0.15) is 31.2 Å². The molecule has 2 N–H and O–H groups in total. The molecule has 1 saturated carbocycles. The number of aliphatic hydroxyl groups is 1. The van der Waals surface area contributed by atoms with Crippen molar-refractivity contribution in [3.63, 3.8) is 0 Å². The monoisotopic (exact) mass is 286 g/mol. The summed E-state index contributed by atoms with van der Waals surface area (Å²) >= 11 is 0. The van der Waals surface area contributed by atoms with Crippen LogP contribution in [0.4, 0.5) is 0 Å². The van der Waals surface area contributed by atoms with Crippen LogP contribution in [0.15, 0.2) is 30.3 Å². The first kappa shape index (κ1) is 14.3. The molecule has 0 amide bonds. The van der Waals surface area contributed by atoms with Crippen LogP contribution in [0.3, 0.4) is 0 Å². The summed E-state index contributed by atoms with van der Waals surface area (Å²) in [5, 5.41) is 14.3. The highest BCUT2D eigenvalue weighted by Crippen LogP contribution is 2.23. The van der Waals surface area contributed by atoms with Gasteiger partial charge in [-0.2, -0.15) is 0 Å². The average Bonchev–Trinajstić information content (AvgIpc) is 2.53. The molecule has 112 valence electrons. The fourth-order valence-electron chi connectivity index (χ4n) is 2.98. The van der Waals surface area contributed by atoms with E-state index in [0.717, 1.165) is 48.7 Å². The standard InChI is InChI=1S/C17H22N2O2/c1-21-17-13(10-12-4-2-3-5-16(12)19-17)11-18-14-6-8-15(20)9-7-14/h2-5,10,14-15,18,20H,6-9,11H2,1H3. The van der Waals surface area contributed by atoms with Gasteiger partial charge in [0.05, 0.1) is 18.7 Å². The Hall–Kier alpha value is -1.65. The second-order valence-corrected chi connectivity index (χ2v) is 5.74. The van der Waals surface area contributed by atoms with Crippen molar-refractivity contribution in [2.24, 2.45) is 0 Å². The first-order valence-corrected chi connectivity index (χ1v) is 7.60. The van der Waals surface area contributed by atoms with Crippen LogP contribution in [-0.4, -0.2) is 29.3 Å². The first-order valence-electron chi connectivity index (χ1n) is 7.60. The Morgan fingerprint density at radius 2 is 2.00 bits per heavy atom. The molecule has 1 fully saturated rings. The number of ether oxygens (including phenoxy) is 1. The topological polar surface area (TPSA) is 54.4 Å². The summed E-state index contributed by atoms with van der Waals surface area (Å²) in [5.41, 5.74) is 2.04. The largest absolute Gasteiger partial charge is 0.481 e. The van der Waals surface area contributed by atoms with Crippen LogP contribution in [0.5, 0.6) is 5.88 Å². The Kier molecular flexibility index (Phi) is 4.36. The normalized spacial score (nSPS) is 22.4. The summed E-state index contributed by atoms with van der Waals surface area (Å²) < 4.78 is 5.42. The van der Waals surface area contributed by atoms with Crippen molar-refractivity contribution in [1.29, 1.82) is 0 Å². The molecule has 0 atom stereocenters. The van der Waals surface area contributed by atoms with Crippen molar-refractivity contribution in [2.45, 2.75) is 44.4 Å². The lowest BCUT2D eigenvalue weighted by molar-refractivity contribution is 0.116. The number of aromatic nitrogens is 1. The van der Waals surface area contributed by atoms with Crippen LogP contribution in [0.25, 0.3) is 10.9 Å². The molecule has 1 heterocycles. The number of para-hydroxylation sites is 1. The van der Waals surface area contributed by atoms with Gasteiger partial charge in [-0.15, -0.1) is 0 Å². The molecule has 4 nitrogen and oxygen atoms in total. The van der Waals surface area contributed by atoms with E-state index in [0.29, 0.717) is 11.9 Å². The fraction of sp³-hybridized carbons (Fsp3) is 0.471. The Balaban J connectivity index is 1.73. The van der Waals surface area contributed by atoms with E-state index in [1.165, 1.54) is 0 Å². The van der Waals surface area contributed by atoms with E-state index in [1.54, 1.807) is 7.11 Å². The van der Waals surface area contributed by atoms with Crippen molar-refractivity contribution >= 4 is 10.9 Å². The molecule has 0 radical (unpaired) electrons. The lowest BCUT2D eigenvalue weighted by Gasteiger charge is -2.26. The Labute approximate surface area is 125 Å². The maximum atomic E-state index is 9.55. The van der Waals surface area contributed by atoms with Crippen LogP contribution in [-0.2, 0) is 6.54 Å². The predicted molar refractivity (Wildman–Crippen MR) is 83.4 cm³/mol. The number of benzene rings is 1. The van der Waals surface area contributed by atoms with Gasteiger partial charge in [0.25, 0.3) is 0 Å². The van der Waals surface area contributed by atoms with Gasteiger partial charge in [0.1, 0.15) is 0 Å². The van der Waals surface area contributed by atoms with Gasteiger partial charge in [0.2, 0.25) is 5.88 Å². The minimum atomic E-state index is -0.111. The predicted octanol–water partition coefficient (Wildman–Crippen LogP) is 2.64. The van der Waals surface area contributed by atoms with Gasteiger partial charge in [-0.3, -0.25) is 0 Å². The number of aliphatic hydroxyl groups excluding tert-OH is 1. The van der Waals surface area contributed by atoms with Gasteiger partial charge < -0.3 is 15.2 Å². The molecule has 1 aromatic carbocycles. The van der Waals surface area contributed by atoms with Crippen LogP contribution < -0.4 is 10.1 Å². The molecule has 0 unspecified atom stereocenters. The molecule has 1 aliphatic carbocycles. The summed E-state index contributed by atoms with van der Waals surface area (Å²) in [4.78, 5) is 4.57. The maximum absolute atomic E-state index is 9.55. The smallest absolute Gasteiger partial charge is 0.218 e. The number of fused-ring (bicyclic) bond motifs is 1. The Morgan fingerprint density at radius 1 is 1.24 bits per heavy atom. The molecule has 0 saturated heterocycles. The average molecular weight is 286 g/mol. The second-order valence-electron chi connectivity index (χ2n) is 5.74. The molecule has 1 aromatic heterocycles. The molecule has 0 aliphatic heterocycles. The van der Waals surface area contributed by atoms with E-state index in [2.05, 4.69) is 22.4 Å². The van der Waals surface area contributed by atoms with E-state index in [1.807, 2.05) is 18.2 Å². The fourth-order valence-corrected chi connectivity index (χ4v) is 2.98.